The Morgan fingerprint density at radius 1 is 1.03 bits per heavy atom. The number of benzene rings is 3. The van der Waals surface area contributed by atoms with Crippen LogP contribution in [0.25, 0.3) is 0 Å². The number of halogens is 1. The fourth-order valence-corrected chi connectivity index (χ4v) is 5.15. The van der Waals surface area contributed by atoms with Gasteiger partial charge in [-0.15, -0.1) is 0 Å². The van der Waals surface area contributed by atoms with Crippen LogP contribution in [0.2, 0.25) is 5.02 Å². The first-order chi connectivity index (χ1) is 15.6. The zero-order chi connectivity index (χ0) is 24.2. The predicted octanol–water partition coefficient (Wildman–Crippen LogP) is 5.04. The van der Waals surface area contributed by atoms with Crippen LogP contribution in [0.15, 0.2) is 71.6 Å². The van der Waals surface area contributed by atoms with E-state index in [1.165, 1.54) is 19.2 Å². The number of rotatable bonds is 8. The van der Waals surface area contributed by atoms with Crippen molar-refractivity contribution in [3.8, 4) is 5.75 Å². The van der Waals surface area contributed by atoms with Gasteiger partial charge in [0, 0.05) is 5.02 Å². The molecular formula is C25H27ClN2O4S. The third-order valence-corrected chi connectivity index (χ3v) is 7.36. The van der Waals surface area contributed by atoms with Crippen molar-refractivity contribution in [3.63, 3.8) is 0 Å². The molecule has 1 N–H and O–H groups in total. The Morgan fingerprint density at radius 3 is 2.24 bits per heavy atom. The maximum atomic E-state index is 13.5. The number of carbonyl (C=O) groups is 1. The number of sulfonamides is 1. The van der Waals surface area contributed by atoms with Gasteiger partial charge in [-0.2, -0.15) is 0 Å². The van der Waals surface area contributed by atoms with Gasteiger partial charge in [0.25, 0.3) is 10.0 Å². The molecule has 3 aromatic carbocycles. The van der Waals surface area contributed by atoms with E-state index in [0.717, 1.165) is 21.0 Å². The molecule has 6 nitrogen and oxygen atoms in total. The quantitative estimate of drug-likeness (QED) is 0.484. The SMILES string of the molecule is COc1ccc(S(=O)(=O)N(CC(=O)N[C@H](C)c2ccc(C)cc2C)c2ccc(Cl)cc2)cc1. The van der Waals surface area contributed by atoms with Gasteiger partial charge in [0.2, 0.25) is 5.91 Å². The van der Waals surface area contributed by atoms with Crippen LogP contribution in [-0.4, -0.2) is 28.0 Å². The minimum atomic E-state index is -4.03. The van der Waals surface area contributed by atoms with E-state index in [4.69, 9.17) is 16.3 Å². The van der Waals surface area contributed by atoms with E-state index in [0.29, 0.717) is 16.5 Å². The Balaban J connectivity index is 1.89. The van der Waals surface area contributed by atoms with Crippen molar-refractivity contribution in [1.29, 1.82) is 0 Å². The Morgan fingerprint density at radius 2 is 1.67 bits per heavy atom. The molecular weight excluding hydrogens is 460 g/mol. The molecule has 0 aliphatic rings. The molecule has 1 atom stereocenters. The lowest BCUT2D eigenvalue weighted by atomic mass is 10.0. The van der Waals surface area contributed by atoms with Gasteiger partial charge >= 0.3 is 0 Å². The summed E-state index contributed by atoms with van der Waals surface area (Å²) < 4.78 is 33.1. The van der Waals surface area contributed by atoms with Crippen molar-refractivity contribution in [2.75, 3.05) is 18.0 Å². The number of methoxy groups -OCH3 is 1. The summed E-state index contributed by atoms with van der Waals surface area (Å²) in [5.74, 6) is 0.113. The molecule has 0 fully saturated rings. The normalized spacial score (nSPS) is 12.2. The van der Waals surface area contributed by atoms with Gasteiger partial charge in [-0.3, -0.25) is 9.10 Å². The van der Waals surface area contributed by atoms with E-state index in [1.54, 1.807) is 36.4 Å². The first kappa shape index (κ1) is 24.6. The van der Waals surface area contributed by atoms with Gasteiger partial charge in [0.05, 0.1) is 23.7 Å². The third-order valence-electron chi connectivity index (χ3n) is 5.32. The lowest BCUT2D eigenvalue weighted by Crippen LogP contribution is -2.41. The van der Waals surface area contributed by atoms with Crippen LogP contribution >= 0.6 is 11.6 Å². The van der Waals surface area contributed by atoms with Crippen LogP contribution in [0.3, 0.4) is 0 Å². The highest BCUT2D eigenvalue weighted by Crippen LogP contribution is 2.27. The van der Waals surface area contributed by atoms with Crippen molar-refractivity contribution in [3.05, 3.63) is 88.4 Å². The van der Waals surface area contributed by atoms with Crippen LogP contribution in [0, 0.1) is 13.8 Å². The van der Waals surface area contributed by atoms with Crippen LogP contribution in [0.5, 0.6) is 5.75 Å². The van der Waals surface area contributed by atoms with Crippen LogP contribution in [0.4, 0.5) is 5.69 Å². The van der Waals surface area contributed by atoms with E-state index >= 15 is 0 Å². The van der Waals surface area contributed by atoms with Crippen molar-refractivity contribution in [2.45, 2.75) is 31.7 Å². The maximum absolute atomic E-state index is 13.5. The smallest absolute Gasteiger partial charge is 0.264 e. The molecule has 0 spiro atoms. The second-order valence-electron chi connectivity index (χ2n) is 7.81. The number of hydrogen-bond donors (Lipinski definition) is 1. The molecule has 0 radical (unpaired) electrons. The molecule has 0 bridgehead atoms. The molecule has 0 aliphatic heterocycles. The molecule has 33 heavy (non-hydrogen) atoms. The monoisotopic (exact) mass is 486 g/mol. The average molecular weight is 487 g/mol. The summed E-state index contributed by atoms with van der Waals surface area (Å²) in [6, 6.07) is 18.1. The lowest BCUT2D eigenvalue weighted by Gasteiger charge is -2.25. The highest BCUT2D eigenvalue weighted by atomic mass is 35.5. The number of nitrogens with one attached hydrogen (secondary N) is 1. The molecule has 0 aliphatic carbocycles. The summed E-state index contributed by atoms with van der Waals surface area (Å²) >= 11 is 5.99. The maximum Gasteiger partial charge on any atom is 0.264 e. The number of aryl methyl sites for hydroxylation is 2. The first-order valence-electron chi connectivity index (χ1n) is 10.4. The number of hydrogen-bond acceptors (Lipinski definition) is 4. The third kappa shape index (κ3) is 5.86. The zero-order valence-electron chi connectivity index (χ0n) is 19.0. The molecule has 3 aromatic rings. The molecule has 0 unspecified atom stereocenters. The second-order valence-corrected chi connectivity index (χ2v) is 10.1. The molecule has 0 saturated heterocycles. The molecule has 0 aromatic heterocycles. The van der Waals surface area contributed by atoms with Gasteiger partial charge in [0.1, 0.15) is 12.3 Å². The standard InChI is InChI=1S/C25H27ClN2O4S/c1-17-5-14-24(18(2)15-17)19(3)27-25(29)16-28(21-8-6-20(26)7-9-21)33(30,31)23-12-10-22(32-4)11-13-23/h5-15,19H,16H2,1-4H3,(H,27,29)/t19-/m1/s1. The molecule has 174 valence electrons. The van der Waals surface area contributed by atoms with Crippen LogP contribution < -0.4 is 14.4 Å². The number of nitrogens with zero attached hydrogens (tertiary/aromatic N) is 1. The predicted molar refractivity (Wildman–Crippen MR) is 131 cm³/mol. The summed E-state index contributed by atoms with van der Waals surface area (Å²) in [4.78, 5) is 13.0. The van der Waals surface area contributed by atoms with Crippen LogP contribution in [-0.2, 0) is 14.8 Å². The lowest BCUT2D eigenvalue weighted by molar-refractivity contribution is -0.120. The number of amides is 1. The summed E-state index contributed by atoms with van der Waals surface area (Å²) in [6.45, 7) is 5.48. The number of anilines is 1. The Bertz CT molecular complexity index is 1230. The van der Waals surface area contributed by atoms with Crippen LogP contribution in [0.1, 0.15) is 29.7 Å². The Hall–Kier alpha value is -3.03. The van der Waals surface area contributed by atoms with E-state index in [2.05, 4.69) is 5.32 Å². The minimum absolute atomic E-state index is 0.0495. The molecule has 8 heteroatoms. The topological polar surface area (TPSA) is 75.7 Å². The van der Waals surface area contributed by atoms with Crippen molar-refractivity contribution < 1.29 is 17.9 Å². The fraction of sp³-hybridized carbons (Fsp3) is 0.240. The van der Waals surface area contributed by atoms with Gasteiger partial charge in [-0.25, -0.2) is 8.42 Å². The van der Waals surface area contributed by atoms with Gasteiger partial charge < -0.3 is 10.1 Å². The number of carbonyl (C=O) groups excluding carboxylic acids is 1. The summed E-state index contributed by atoms with van der Waals surface area (Å²) in [7, 11) is -2.52. The Labute approximate surface area is 200 Å². The van der Waals surface area contributed by atoms with E-state index in [9.17, 15) is 13.2 Å². The van der Waals surface area contributed by atoms with Crippen molar-refractivity contribution in [1.82, 2.24) is 5.32 Å². The highest BCUT2D eigenvalue weighted by Gasteiger charge is 2.28. The van der Waals surface area contributed by atoms with Crippen molar-refractivity contribution >= 4 is 33.2 Å². The molecule has 1 amide bonds. The average Bonchev–Trinajstić information content (AvgIpc) is 2.78. The number of ether oxygens (including phenoxy) is 1. The van der Waals surface area contributed by atoms with Gasteiger partial charge in [-0.05, 0) is 80.4 Å². The molecule has 0 heterocycles. The largest absolute Gasteiger partial charge is 0.497 e. The van der Waals surface area contributed by atoms with Gasteiger partial charge in [-0.1, -0.05) is 35.4 Å². The van der Waals surface area contributed by atoms with E-state index < -0.39 is 15.9 Å². The highest BCUT2D eigenvalue weighted by molar-refractivity contribution is 7.92. The Kier molecular flexibility index (Phi) is 7.66. The van der Waals surface area contributed by atoms with Gasteiger partial charge in [0.15, 0.2) is 0 Å². The van der Waals surface area contributed by atoms with E-state index in [-0.39, 0.29) is 17.5 Å². The zero-order valence-corrected chi connectivity index (χ0v) is 20.6. The first-order valence-corrected chi connectivity index (χ1v) is 12.2. The molecule has 3 rings (SSSR count). The van der Waals surface area contributed by atoms with Crippen molar-refractivity contribution in [2.24, 2.45) is 0 Å². The summed E-state index contributed by atoms with van der Waals surface area (Å²) in [6.07, 6.45) is 0. The summed E-state index contributed by atoms with van der Waals surface area (Å²) in [5, 5.41) is 3.38. The fourth-order valence-electron chi connectivity index (χ4n) is 3.60. The van der Waals surface area contributed by atoms with E-state index in [1.807, 2.05) is 39.0 Å². The minimum Gasteiger partial charge on any atom is -0.497 e. The molecule has 0 saturated carbocycles. The second kappa shape index (κ2) is 10.3. The summed E-state index contributed by atoms with van der Waals surface area (Å²) in [5.41, 5.74) is 3.51.